The lowest BCUT2D eigenvalue weighted by atomic mass is 10.1. The van der Waals surface area contributed by atoms with E-state index in [-0.39, 0.29) is 0 Å². The lowest BCUT2D eigenvalue weighted by Crippen LogP contribution is -2.28. The normalized spacial score (nSPS) is 17.1. The Balaban J connectivity index is 1.74. The zero-order valence-electron chi connectivity index (χ0n) is 12.9. The van der Waals surface area contributed by atoms with E-state index in [1.54, 1.807) is 0 Å². The Kier molecular flexibility index (Phi) is 6.12. The molecule has 2 heterocycles. The first kappa shape index (κ1) is 15.1. The van der Waals surface area contributed by atoms with Crippen LogP contribution in [-0.4, -0.2) is 42.6 Å². The minimum absolute atomic E-state index is 0.667. The highest BCUT2D eigenvalue weighted by Crippen LogP contribution is 2.14. The second-order valence-corrected chi connectivity index (χ2v) is 5.88. The molecule has 0 spiro atoms. The molecule has 1 aliphatic heterocycles. The predicted octanol–water partition coefficient (Wildman–Crippen LogP) is 3.05. The average molecular weight is 276 g/mol. The fourth-order valence-corrected chi connectivity index (χ4v) is 2.67. The first-order chi connectivity index (χ1) is 9.78. The maximum Gasteiger partial charge on any atom is 0.0547 e. The molecular formula is C16H28N4. The number of aromatic nitrogens is 1. The largest absolute Gasteiger partial charge is 0.384 e. The monoisotopic (exact) mass is 276 g/mol. The minimum atomic E-state index is 0.667. The van der Waals surface area contributed by atoms with Gasteiger partial charge in [0.1, 0.15) is 0 Å². The molecule has 0 amide bonds. The van der Waals surface area contributed by atoms with Crippen molar-refractivity contribution in [3.8, 4) is 0 Å². The summed E-state index contributed by atoms with van der Waals surface area (Å²) in [6.07, 6.45) is 7.66. The molecule has 2 N–H and O–H groups in total. The Labute approximate surface area is 123 Å². The molecule has 1 unspecified atom stereocenters. The molecule has 1 fully saturated rings. The molecule has 1 aromatic rings. The molecule has 2 rings (SSSR count). The molecule has 0 radical (unpaired) electrons. The van der Waals surface area contributed by atoms with Gasteiger partial charge in [0, 0.05) is 19.6 Å². The Hall–Kier alpha value is -1.29. The van der Waals surface area contributed by atoms with Gasteiger partial charge in [-0.1, -0.05) is 13.8 Å². The SMILES string of the molecule is CCCNc1cncc(NCC(C)CN2CCCC2)c1. The van der Waals surface area contributed by atoms with Crippen molar-refractivity contribution < 1.29 is 0 Å². The van der Waals surface area contributed by atoms with E-state index in [2.05, 4.69) is 40.4 Å². The lowest BCUT2D eigenvalue weighted by molar-refractivity contribution is 0.294. The first-order valence-corrected chi connectivity index (χ1v) is 7.93. The van der Waals surface area contributed by atoms with Gasteiger partial charge in [-0.2, -0.15) is 0 Å². The third-order valence-electron chi connectivity index (χ3n) is 3.74. The molecule has 1 atom stereocenters. The number of rotatable bonds is 8. The van der Waals surface area contributed by atoms with Crippen LogP contribution in [0.25, 0.3) is 0 Å². The number of hydrogen-bond acceptors (Lipinski definition) is 4. The molecule has 0 aromatic carbocycles. The second kappa shape index (κ2) is 8.10. The maximum atomic E-state index is 4.28. The Morgan fingerprint density at radius 2 is 1.90 bits per heavy atom. The summed E-state index contributed by atoms with van der Waals surface area (Å²) in [7, 11) is 0. The summed E-state index contributed by atoms with van der Waals surface area (Å²) >= 11 is 0. The van der Waals surface area contributed by atoms with Crippen molar-refractivity contribution in [3.05, 3.63) is 18.5 Å². The smallest absolute Gasteiger partial charge is 0.0547 e. The van der Waals surface area contributed by atoms with E-state index in [1.807, 2.05) is 12.4 Å². The van der Waals surface area contributed by atoms with Gasteiger partial charge >= 0.3 is 0 Å². The molecule has 4 heteroatoms. The highest BCUT2D eigenvalue weighted by molar-refractivity contribution is 5.53. The van der Waals surface area contributed by atoms with Gasteiger partial charge in [0.05, 0.1) is 23.8 Å². The van der Waals surface area contributed by atoms with Gasteiger partial charge in [-0.3, -0.25) is 4.98 Å². The highest BCUT2D eigenvalue weighted by Gasteiger charge is 2.14. The maximum absolute atomic E-state index is 4.28. The number of nitrogens with one attached hydrogen (secondary N) is 2. The zero-order valence-corrected chi connectivity index (χ0v) is 12.9. The van der Waals surface area contributed by atoms with Crippen LogP contribution < -0.4 is 10.6 Å². The molecule has 4 nitrogen and oxygen atoms in total. The number of likely N-dealkylation sites (tertiary alicyclic amines) is 1. The van der Waals surface area contributed by atoms with Crippen LogP contribution in [0, 0.1) is 5.92 Å². The molecular weight excluding hydrogens is 248 g/mol. The Morgan fingerprint density at radius 3 is 2.60 bits per heavy atom. The van der Waals surface area contributed by atoms with Crippen LogP contribution in [0.2, 0.25) is 0 Å². The van der Waals surface area contributed by atoms with Crippen LogP contribution in [0.1, 0.15) is 33.1 Å². The summed E-state index contributed by atoms with van der Waals surface area (Å²) in [5.41, 5.74) is 2.21. The van der Waals surface area contributed by atoms with Crippen LogP contribution in [0.4, 0.5) is 11.4 Å². The molecule has 1 aliphatic rings. The van der Waals surface area contributed by atoms with Gasteiger partial charge in [0.25, 0.3) is 0 Å². The van der Waals surface area contributed by atoms with Crippen LogP contribution >= 0.6 is 0 Å². The topological polar surface area (TPSA) is 40.2 Å². The molecule has 1 saturated heterocycles. The van der Waals surface area contributed by atoms with E-state index >= 15 is 0 Å². The standard InChI is InChI=1S/C16H28N4/c1-3-6-18-15-9-16(12-17-11-15)19-10-14(2)13-20-7-4-5-8-20/h9,11-12,14,18-19H,3-8,10,13H2,1-2H3. The van der Waals surface area contributed by atoms with Crippen LogP contribution in [0.5, 0.6) is 0 Å². The average Bonchev–Trinajstić information content (AvgIpc) is 2.96. The number of nitrogens with zero attached hydrogens (tertiary/aromatic N) is 2. The molecule has 20 heavy (non-hydrogen) atoms. The Bertz CT molecular complexity index is 388. The van der Waals surface area contributed by atoms with Crippen LogP contribution in [0.15, 0.2) is 18.5 Å². The second-order valence-electron chi connectivity index (χ2n) is 5.88. The molecule has 112 valence electrons. The van der Waals surface area contributed by atoms with Crippen molar-refractivity contribution in [3.63, 3.8) is 0 Å². The van der Waals surface area contributed by atoms with E-state index < -0.39 is 0 Å². The predicted molar refractivity (Wildman–Crippen MR) is 86.3 cm³/mol. The van der Waals surface area contributed by atoms with E-state index in [1.165, 1.54) is 32.5 Å². The van der Waals surface area contributed by atoms with Crippen molar-refractivity contribution in [1.82, 2.24) is 9.88 Å². The van der Waals surface area contributed by atoms with E-state index in [4.69, 9.17) is 0 Å². The summed E-state index contributed by atoms with van der Waals surface area (Å²) in [6.45, 7) is 10.3. The van der Waals surface area contributed by atoms with Gasteiger partial charge in [0.2, 0.25) is 0 Å². The van der Waals surface area contributed by atoms with Gasteiger partial charge in [0.15, 0.2) is 0 Å². The first-order valence-electron chi connectivity index (χ1n) is 7.93. The lowest BCUT2D eigenvalue weighted by Gasteiger charge is -2.21. The van der Waals surface area contributed by atoms with Crippen molar-refractivity contribution in [2.75, 3.05) is 43.4 Å². The van der Waals surface area contributed by atoms with E-state index in [9.17, 15) is 0 Å². The molecule has 0 bridgehead atoms. The van der Waals surface area contributed by atoms with Crippen molar-refractivity contribution in [2.45, 2.75) is 33.1 Å². The van der Waals surface area contributed by atoms with Gasteiger partial charge in [-0.25, -0.2) is 0 Å². The van der Waals surface area contributed by atoms with Crippen molar-refractivity contribution in [1.29, 1.82) is 0 Å². The molecule has 1 aromatic heterocycles. The summed E-state index contributed by atoms with van der Waals surface area (Å²) in [5, 5.41) is 6.88. The quantitative estimate of drug-likeness (QED) is 0.765. The third-order valence-corrected chi connectivity index (χ3v) is 3.74. The van der Waals surface area contributed by atoms with Crippen molar-refractivity contribution in [2.24, 2.45) is 5.92 Å². The van der Waals surface area contributed by atoms with E-state index in [0.717, 1.165) is 30.9 Å². The fourth-order valence-electron chi connectivity index (χ4n) is 2.67. The zero-order chi connectivity index (χ0) is 14.2. The van der Waals surface area contributed by atoms with Gasteiger partial charge in [-0.15, -0.1) is 0 Å². The van der Waals surface area contributed by atoms with Crippen LogP contribution in [-0.2, 0) is 0 Å². The number of pyridine rings is 1. The molecule has 0 aliphatic carbocycles. The summed E-state index contributed by atoms with van der Waals surface area (Å²) < 4.78 is 0. The van der Waals surface area contributed by atoms with Gasteiger partial charge < -0.3 is 15.5 Å². The summed E-state index contributed by atoms with van der Waals surface area (Å²) in [6, 6.07) is 2.14. The number of hydrogen-bond donors (Lipinski definition) is 2. The molecule has 0 saturated carbocycles. The highest BCUT2D eigenvalue weighted by atomic mass is 15.1. The van der Waals surface area contributed by atoms with Gasteiger partial charge in [-0.05, 0) is 44.3 Å². The Morgan fingerprint density at radius 1 is 1.20 bits per heavy atom. The number of anilines is 2. The summed E-state index contributed by atoms with van der Waals surface area (Å²) in [4.78, 5) is 6.86. The fraction of sp³-hybridized carbons (Fsp3) is 0.688. The van der Waals surface area contributed by atoms with Crippen molar-refractivity contribution >= 4 is 11.4 Å². The summed E-state index contributed by atoms with van der Waals surface area (Å²) in [5.74, 6) is 0.667. The third kappa shape index (κ3) is 5.00. The minimum Gasteiger partial charge on any atom is -0.384 e. The van der Waals surface area contributed by atoms with E-state index in [0.29, 0.717) is 5.92 Å². The van der Waals surface area contributed by atoms with Crippen LogP contribution in [0.3, 0.4) is 0 Å².